The zero-order chi connectivity index (χ0) is 13.3. The van der Waals surface area contributed by atoms with Crippen molar-refractivity contribution in [1.82, 2.24) is 0 Å². The minimum Gasteiger partial charge on any atom is -0.288 e. The maximum atomic E-state index is 13.4. The first kappa shape index (κ1) is 12.6. The van der Waals surface area contributed by atoms with Crippen molar-refractivity contribution in [2.75, 3.05) is 0 Å². The fraction of sp³-hybridized carbons (Fsp3) is 0. The van der Waals surface area contributed by atoms with Gasteiger partial charge in [-0.3, -0.25) is 4.79 Å². The van der Waals surface area contributed by atoms with E-state index >= 15 is 0 Å². The van der Waals surface area contributed by atoms with E-state index in [4.69, 9.17) is 11.6 Å². The number of rotatable bonds is 2. The van der Waals surface area contributed by atoms with Gasteiger partial charge in [-0.05, 0) is 24.3 Å². The van der Waals surface area contributed by atoms with Crippen LogP contribution in [0.25, 0.3) is 0 Å². The number of ketones is 1. The molecule has 0 spiro atoms. The fourth-order valence-corrected chi connectivity index (χ4v) is 1.72. The van der Waals surface area contributed by atoms with Gasteiger partial charge in [0.1, 0.15) is 5.82 Å². The summed E-state index contributed by atoms with van der Waals surface area (Å²) in [6.07, 6.45) is 0. The van der Waals surface area contributed by atoms with E-state index in [0.717, 1.165) is 18.2 Å². The first-order valence-corrected chi connectivity index (χ1v) is 5.33. The molecule has 0 saturated carbocycles. The number of carbonyl (C=O) groups excluding carboxylic acids is 1. The maximum absolute atomic E-state index is 13.4. The number of carbonyl (C=O) groups is 1. The molecule has 0 N–H and O–H groups in total. The highest BCUT2D eigenvalue weighted by Crippen LogP contribution is 2.24. The van der Waals surface area contributed by atoms with Gasteiger partial charge in [0, 0.05) is 5.56 Å². The van der Waals surface area contributed by atoms with E-state index in [-0.39, 0.29) is 5.56 Å². The summed E-state index contributed by atoms with van der Waals surface area (Å²) in [6.45, 7) is 0. The van der Waals surface area contributed by atoms with Crippen LogP contribution in [0.2, 0.25) is 5.02 Å². The van der Waals surface area contributed by atoms with Crippen LogP contribution in [0, 0.1) is 17.5 Å². The average molecular weight is 271 g/mol. The van der Waals surface area contributed by atoms with Gasteiger partial charge in [0.05, 0.1) is 10.6 Å². The maximum Gasteiger partial charge on any atom is 0.197 e. The summed E-state index contributed by atoms with van der Waals surface area (Å²) in [5.74, 6) is -4.08. The highest BCUT2D eigenvalue weighted by Gasteiger charge is 2.20. The lowest BCUT2D eigenvalue weighted by atomic mass is 10.0. The topological polar surface area (TPSA) is 17.1 Å². The molecule has 0 unspecified atom stereocenters. The molecule has 0 heterocycles. The van der Waals surface area contributed by atoms with Crippen molar-refractivity contribution >= 4 is 17.4 Å². The molecule has 0 fully saturated rings. The third-order valence-corrected chi connectivity index (χ3v) is 2.78. The molecule has 0 aliphatic carbocycles. The first-order chi connectivity index (χ1) is 8.52. The molecule has 2 aromatic carbocycles. The predicted octanol–water partition coefficient (Wildman–Crippen LogP) is 3.99. The Morgan fingerprint density at radius 2 is 1.44 bits per heavy atom. The SMILES string of the molecule is O=C(c1cccc(F)c1F)c1cccc(F)c1Cl. The van der Waals surface area contributed by atoms with Crippen molar-refractivity contribution in [2.45, 2.75) is 0 Å². The Bertz CT molecular complexity index is 572. The molecule has 92 valence electrons. The van der Waals surface area contributed by atoms with Crippen molar-refractivity contribution < 1.29 is 18.0 Å². The Balaban J connectivity index is 2.55. The minimum atomic E-state index is -1.28. The van der Waals surface area contributed by atoms with Gasteiger partial charge < -0.3 is 0 Å². The van der Waals surface area contributed by atoms with Gasteiger partial charge >= 0.3 is 0 Å². The second kappa shape index (κ2) is 4.82. The summed E-state index contributed by atoms with van der Waals surface area (Å²) in [7, 11) is 0. The fourth-order valence-electron chi connectivity index (χ4n) is 1.50. The number of hydrogen-bond acceptors (Lipinski definition) is 1. The van der Waals surface area contributed by atoms with Crippen LogP contribution in [0.5, 0.6) is 0 Å². The molecular weight excluding hydrogens is 265 g/mol. The summed E-state index contributed by atoms with van der Waals surface area (Å²) in [4.78, 5) is 11.9. The van der Waals surface area contributed by atoms with Crippen LogP contribution in [0.4, 0.5) is 13.2 Å². The van der Waals surface area contributed by atoms with Gasteiger partial charge in [-0.25, -0.2) is 13.2 Å². The second-order valence-electron chi connectivity index (χ2n) is 3.53. The Morgan fingerprint density at radius 3 is 2.11 bits per heavy atom. The molecule has 2 aromatic rings. The van der Waals surface area contributed by atoms with Crippen molar-refractivity contribution in [3.8, 4) is 0 Å². The summed E-state index contributed by atoms with van der Waals surface area (Å²) >= 11 is 5.62. The number of benzene rings is 2. The van der Waals surface area contributed by atoms with Gasteiger partial charge in [0.25, 0.3) is 0 Å². The summed E-state index contributed by atoms with van der Waals surface area (Å²) in [6, 6.07) is 6.78. The standard InChI is InChI=1S/C13H6ClF3O/c14-11-7(3-1-5-9(11)15)13(18)8-4-2-6-10(16)12(8)17/h1-6H. The molecule has 2 rings (SSSR count). The molecule has 18 heavy (non-hydrogen) atoms. The average Bonchev–Trinajstić information content (AvgIpc) is 2.35. The Labute approximate surface area is 106 Å². The smallest absolute Gasteiger partial charge is 0.197 e. The van der Waals surface area contributed by atoms with Gasteiger partial charge in [0.15, 0.2) is 17.4 Å². The van der Waals surface area contributed by atoms with Crippen LogP contribution in [0.15, 0.2) is 36.4 Å². The van der Waals surface area contributed by atoms with E-state index in [2.05, 4.69) is 0 Å². The third kappa shape index (κ3) is 2.11. The van der Waals surface area contributed by atoms with Crippen LogP contribution in [-0.4, -0.2) is 5.78 Å². The summed E-state index contributed by atoms with van der Waals surface area (Å²) in [5.41, 5.74) is -0.691. The zero-order valence-corrected chi connectivity index (χ0v) is 9.64. The molecule has 5 heteroatoms. The molecule has 0 atom stereocenters. The lowest BCUT2D eigenvalue weighted by Gasteiger charge is -2.05. The highest BCUT2D eigenvalue weighted by molar-refractivity contribution is 6.35. The predicted molar refractivity (Wildman–Crippen MR) is 61.2 cm³/mol. The Morgan fingerprint density at radius 1 is 0.889 bits per heavy atom. The minimum absolute atomic E-state index is 0.207. The summed E-state index contributed by atoms with van der Waals surface area (Å²) < 4.78 is 39.6. The zero-order valence-electron chi connectivity index (χ0n) is 8.88. The molecule has 0 bridgehead atoms. The molecule has 0 saturated heterocycles. The van der Waals surface area contributed by atoms with E-state index in [1.54, 1.807) is 0 Å². The van der Waals surface area contributed by atoms with Crippen LogP contribution in [0.3, 0.4) is 0 Å². The second-order valence-corrected chi connectivity index (χ2v) is 3.91. The van der Waals surface area contributed by atoms with Crippen molar-refractivity contribution in [2.24, 2.45) is 0 Å². The van der Waals surface area contributed by atoms with Gasteiger partial charge in [-0.15, -0.1) is 0 Å². The van der Waals surface area contributed by atoms with E-state index in [1.165, 1.54) is 18.2 Å². The quantitative estimate of drug-likeness (QED) is 0.754. The Kier molecular flexibility index (Phi) is 3.39. The lowest BCUT2D eigenvalue weighted by Crippen LogP contribution is -2.07. The van der Waals surface area contributed by atoms with E-state index < -0.39 is 33.8 Å². The Hall–Kier alpha value is -1.81. The van der Waals surface area contributed by atoms with Crippen LogP contribution < -0.4 is 0 Å². The number of hydrogen-bond donors (Lipinski definition) is 0. The normalized spacial score (nSPS) is 10.4. The van der Waals surface area contributed by atoms with Gasteiger partial charge in [-0.1, -0.05) is 23.7 Å². The molecule has 0 aliphatic heterocycles. The van der Waals surface area contributed by atoms with Crippen molar-refractivity contribution in [3.05, 3.63) is 70.0 Å². The highest BCUT2D eigenvalue weighted by atomic mass is 35.5. The monoisotopic (exact) mass is 270 g/mol. The lowest BCUT2D eigenvalue weighted by molar-refractivity contribution is 0.103. The molecule has 0 aliphatic rings. The van der Waals surface area contributed by atoms with Crippen LogP contribution >= 0.6 is 11.6 Å². The van der Waals surface area contributed by atoms with Crippen LogP contribution in [-0.2, 0) is 0 Å². The largest absolute Gasteiger partial charge is 0.288 e. The van der Waals surface area contributed by atoms with Crippen molar-refractivity contribution in [3.63, 3.8) is 0 Å². The molecule has 0 amide bonds. The summed E-state index contributed by atoms with van der Waals surface area (Å²) in [5, 5.41) is -0.411. The molecule has 0 radical (unpaired) electrons. The number of halogens is 4. The third-order valence-electron chi connectivity index (χ3n) is 2.39. The molecule has 1 nitrogen and oxygen atoms in total. The molecular formula is C13H6ClF3O. The van der Waals surface area contributed by atoms with Crippen molar-refractivity contribution in [1.29, 1.82) is 0 Å². The van der Waals surface area contributed by atoms with Gasteiger partial charge in [0.2, 0.25) is 0 Å². The first-order valence-electron chi connectivity index (χ1n) is 4.95. The molecule has 0 aromatic heterocycles. The van der Waals surface area contributed by atoms with Crippen LogP contribution in [0.1, 0.15) is 15.9 Å². The van der Waals surface area contributed by atoms with E-state index in [0.29, 0.717) is 0 Å². The van der Waals surface area contributed by atoms with Gasteiger partial charge in [-0.2, -0.15) is 0 Å². The van der Waals surface area contributed by atoms with E-state index in [1.807, 2.05) is 0 Å². The van der Waals surface area contributed by atoms with E-state index in [9.17, 15) is 18.0 Å².